The minimum atomic E-state index is -4.75. The average Bonchev–Trinajstić information content (AvgIpc) is 3.31. The molecule has 2 aromatic heterocycles. The number of hydrogen-bond donors (Lipinski definition) is 0. The highest BCUT2D eigenvalue weighted by atomic mass is 35.5. The highest BCUT2D eigenvalue weighted by molar-refractivity contribution is 6.34. The highest BCUT2D eigenvalue weighted by Gasteiger charge is 2.38. The van der Waals surface area contributed by atoms with Crippen LogP contribution in [0, 0.1) is 13.0 Å². The second-order valence-corrected chi connectivity index (χ2v) is 6.63. The number of rotatable bonds is 3. The molecule has 0 aliphatic heterocycles. The lowest BCUT2D eigenvalue weighted by Gasteiger charge is -2.14. The zero-order chi connectivity index (χ0) is 20.8. The van der Waals surface area contributed by atoms with Gasteiger partial charge in [0.1, 0.15) is 0 Å². The molecule has 0 saturated heterocycles. The smallest absolute Gasteiger partial charge is 0.197 e. The summed E-state index contributed by atoms with van der Waals surface area (Å²) in [5.41, 5.74) is 1.34. The van der Waals surface area contributed by atoms with Crippen molar-refractivity contribution in [1.82, 2.24) is 40.4 Å². The van der Waals surface area contributed by atoms with Crippen LogP contribution in [0.2, 0.25) is 10.0 Å². The fourth-order valence-electron chi connectivity index (χ4n) is 2.68. The van der Waals surface area contributed by atoms with Crippen LogP contribution in [0.1, 0.15) is 11.6 Å². The Morgan fingerprint density at radius 2 is 1.69 bits per heavy atom. The van der Waals surface area contributed by atoms with Crippen LogP contribution in [0.25, 0.3) is 22.5 Å². The molecule has 4 rings (SSSR count). The Hall–Kier alpha value is -3.05. The summed E-state index contributed by atoms with van der Waals surface area (Å²) < 4.78 is 41.5. The van der Waals surface area contributed by atoms with E-state index in [-0.39, 0.29) is 10.7 Å². The van der Waals surface area contributed by atoms with Crippen LogP contribution in [0.15, 0.2) is 30.3 Å². The lowest BCUT2D eigenvalue weighted by Crippen LogP contribution is -2.15. The predicted octanol–water partition coefficient (Wildman–Crippen LogP) is 3.74. The number of nitrogens with zero attached hydrogens (tertiary/aromatic N) is 8. The lowest BCUT2D eigenvalue weighted by molar-refractivity contribution is -0.146. The Morgan fingerprint density at radius 3 is 2.38 bits per heavy atom. The number of benzene rings is 2. The summed E-state index contributed by atoms with van der Waals surface area (Å²) in [6, 6.07) is 10.3. The fraction of sp³-hybridized carbons (Fsp3) is 0.125. The maximum Gasteiger partial charge on any atom is 0.453 e. The maximum atomic E-state index is 13.2. The SMILES string of the molecule is Cc1nnnn1-c1ccc(Cl)cc1-c1cc(-n2nnnc2C(F)(F)F)[c]cc1Cl. The van der Waals surface area contributed by atoms with Gasteiger partial charge in [0, 0.05) is 27.2 Å². The first-order chi connectivity index (χ1) is 13.8. The maximum absolute atomic E-state index is 13.2. The van der Waals surface area contributed by atoms with Gasteiger partial charge in [0.05, 0.1) is 11.4 Å². The van der Waals surface area contributed by atoms with E-state index in [1.54, 1.807) is 25.1 Å². The number of hydrogen-bond acceptors (Lipinski definition) is 6. The number of alkyl halides is 3. The van der Waals surface area contributed by atoms with Gasteiger partial charge in [0.15, 0.2) is 5.82 Å². The predicted molar refractivity (Wildman–Crippen MR) is 95.9 cm³/mol. The Labute approximate surface area is 170 Å². The van der Waals surface area contributed by atoms with Crippen LogP contribution in [0.5, 0.6) is 0 Å². The molecule has 0 bridgehead atoms. The zero-order valence-electron chi connectivity index (χ0n) is 14.4. The number of tetrazole rings is 2. The second kappa shape index (κ2) is 7.08. The third-order valence-electron chi connectivity index (χ3n) is 3.94. The molecule has 147 valence electrons. The van der Waals surface area contributed by atoms with Gasteiger partial charge in [-0.15, -0.1) is 10.2 Å². The molecule has 0 unspecified atom stereocenters. The van der Waals surface area contributed by atoms with E-state index < -0.39 is 12.0 Å². The molecular weight excluding hydrogens is 432 g/mol. The lowest BCUT2D eigenvalue weighted by atomic mass is 10.0. The first-order valence-electron chi connectivity index (χ1n) is 7.88. The van der Waals surface area contributed by atoms with Gasteiger partial charge < -0.3 is 0 Å². The van der Waals surface area contributed by atoms with E-state index >= 15 is 0 Å². The Kier molecular flexibility index (Phi) is 4.71. The minimum absolute atomic E-state index is 0.0545. The van der Waals surface area contributed by atoms with Crippen molar-refractivity contribution in [2.75, 3.05) is 0 Å². The molecule has 4 aromatic rings. The standard InChI is InChI=1S/C16H8Cl2F3N8/c1-8-22-24-26-28(8)14-5-2-9(17)6-12(14)11-7-10(3-4-13(11)18)29-15(16(19,20)21)23-25-27-29/h2,4-7H,1H3. The van der Waals surface area contributed by atoms with Crippen molar-refractivity contribution >= 4 is 23.2 Å². The normalized spacial score (nSPS) is 11.8. The molecule has 29 heavy (non-hydrogen) atoms. The Balaban J connectivity index is 1.93. The van der Waals surface area contributed by atoms with Crippen LogP contribution >= 0.6 is 23.2 Å². The second-order valence-electron chi connectivity index (χ2n) is 5.79. The van der Waals surface area contributed by atoms with Crippen molar-refractivity contribution < 1.29 is 13.2 Å². The molecular formula is C16H8Cl2F3N8. The molecule has 13 heteroatoms. The van der Waals surface area contributed by atoms with Crippen LogP contribution in [-0.4, -0.2) is 40.4 Å². The molecule has 0 spiro atoms. The van der Waals surface area contributed by atoms with Crippen LogP contribution in [0.3, 0.4) is 0 Å². The van der Waals surface area contributed by atoms with E-state index in [1.165, 1.54) is 16.8 Å². The first kappa shape index (κ1) is 19.3. The van der Waals surface area contributed by atoms with Crippen LogP contribution < -0.4 is 0 Å². The monoisotopic (exact) mass is 439 g/mol. The van der Waals surface area contributed by atoms with Gasteiger partial charge in [-0.2, -0.15) is 22.5 Å². The highest BCUT2D eigenvalue weighted by Crippen LogP contribution is 2.36. The Bertz CT molecular complexity index is 1200. The van der Waals surface area contributed by atoms with Crippen LogP contribution in [0.4, 0.5) is 13.2 Å². The summed E-state index contributed by atoms with van der Waals surface area (Å²) in [7, 11) is 0. The zero-order valence-corrected chi connectivity index (χ0v) is 15.9. The third kappa shape index (κ3) is 3.54. The summed E-state index contributed by atoms with van der Waals surface area (Å²) in [4.78, 5) is 0. The van der Waals surface area contributed by atoms with Gasteiger partial charge in [0.2, 0.25) is 0 Å². The molecule has 0 amide bonds. The van der Waals surface area contributed by atoms with E-state index in [2.05, 4.69) is 37.1 Å². The van der Waals surface area contributed by atoms with Crippen molar-refractivity contribution in [2.24, 2.45) is 0 Å². The van der Waals surface area contributed by atoms with Gasteiger partial charge in [-0.3, -0.25) is 0 Å². The summed E-state index contributed by atoms with van der Waals surface area (Å²) in [6.45, 7) is 1.70. The molecule has 0 N–H and O–H groups in total. The molecule has 0 saturated carbocycles. The molecule has 2 heterocycles. The van der Waals surface area contributed by atoms with E-state index in [0.29, 0.717) is 32.3 Å². The number of halogens is 5. The van der Waals surface area contributed by atoms with Gasteiger partial charge in [-0.05, 0) is 58.1 Å². The van der Waals surface area contributed by atoms with Crippen molar-refractivity contribution in [3.8, 4) is 22.5 Å². The Morgan fingerprint density at radius 1 is 0.966 bits per heavy atom. The van der Waals surface area contributed by atoms with Crippen molar-refractivity contribution in [2.45, 2.75) is 13.1 Å². The fourth-order valence-corrected chi connectivity index (χ4v) is 3.06. The van der Waals surface area contributed by atoms with Crippen molar-refractivity contribution in [3.63, 3.8) is 0 Å². The van der Waals surface area contributed by atoms with E-state index in [0.717, 1.165) is 0 Å². The quantitative estimate of drug-likeness (QED) is 0.483. The average molecular weight is 440 g/mol. The molecule has 2 aromatic carbocycles. The molecule has 0 aliphatic carbocycles. The molecule has 1 radical (unpaired) electrons. The molecule has 0 aliphatic rings. The number of aromatic nitrogens is 8. The van der Waals surface area contributed by atoms with E-state index in [4.69, 9.17) is 23.2 Å². The summed E-state index contributed by atoms with van der Waals surface area (Å²) in [5, 5.41) is 21.6. The van der Waals surface area contributed by atoms with Gasteiger partial charge in [0.25, 0.3) is 5.82 Å². The third-order valence-corrected chi connectivity index (χ3v) is 4.49. The summed E-state index contributed by atoms with van der Waals surface area (Å²) in [5.74, 6) is -0.795. The van der Waals surface area contributed by atoms with Crippen LogP contribution in [-0.2, 0) is 6.18 Å². The largest absolute Gasteiger partial charge is 0.453 e. The van der Waals surface area contributed by atoms with Gasteiger partial charge in [-0.1, -0.05) is 23.2 Å². The minimum Gasteiger partial charge on any atom is -0.197 e. The van der Waals surface area contributed by atoms with Crippen molar-refractivity contribution in [3.05, 3.63) is 58.1 Å². The van der Waals surface area contributed by atoms with Crippen molar-refractivity contribution in [1.29, 1.82) is 0 Å². The summed E-state index contributed by atoms with van der Waals surface area (Å²) in [6.07, 6.45) is -4.75. The van der Waals surface area contributed by atoms with E-state index in [1.807, 2.05) is 0 Å². The first-order valence-corrected chi connectivity index (χ1v) is 8.64. The van der Waals surface area contributed by atoms with E-state index in [9.17, 15) is 13.2 Å². The topological polar surface area (TPSA) is 87.2 Å². The van der Waals surface area contributed by atoms with Gasteiger partial charge in [-0.25, -0.2) is 0 Å². The summed E-state index contributed by atoms with van der Waals surface area (Å²) >= 11 is 12.5. The molecule has 8 nitrogen and oxygen atoms in total. The number of aryl methyl sites for hydroxylation is 1. The van der Waals surface area contributed by atoms with Gasteiger partial charge >= 0.3 is 6.18 Å². The molecule has 0 atom stereocenters. The molecule has 0 fully saturated rings.